The maximum atomic E-state index is 12.8. The molecule has 1 aromatic heterocycles. The summed E-state index contributed by atoms with van der Waals surface area (Å²) in [4.78, 5) is 32.5. The molecule has 0 atom stereocenters. The molecule has 30 heavy (non-hydrogen) atoms. The van der Waals surface area contributed by atoms with Crippen molar-refractivity contribution in [1.82, 2.24) is 19.4 Å². The monoisotopic (exact) mass is 435 g/mol. The lowest BCUT2D eigenvalue weighted by atomic mass is 10.1. The molecular weight excluding hydrogens is 416 g/mol. The molecule has 0 radical (unpaired) electrons. The predicted molar refractivity (Wildman–Crippen MR) is 108 cm³/mol. The molecule has 10 heteroatoms. The Hall–Kier alpha value is -2.78. The summed E-state index contributed by atoms with van der Waals surface area (Å²) in [6.45, 7) is 0.886. The van der Waals surface area contributed by atoms with E-state index in [1.54, 1.807) is 44.7 Å². The number of imidazole rings is 1. The van der Waals surface area contributed by atoms with Gasteiger partial charge in [-0.05, 0) is 12.1 Å². The van der Waals surface area contributed by atoms with E-state index in [4.69, 9.17) is 11.6 Å². The maximum absolute atomic E-state index is 12.8. The van der Waals surface area contributed by atoms with Crippen LogP contribution in [0.5, 0.6) is 0 Å². The lowest BCUT2D eigenvalue weighted by Gasteiger charge is -2.37. The van der Waals surface area contributed by atoms with E-state index in [-0.39, 0.29) is 31.4 Å². The van der Waals surface area contributed by atoms with Gasteiger partial charge in [-0.2, -0.15) is 0 Å². The van der Waals surface area contributed by atoms with Crippen LogP contribution in [0.2, 0.25) is 5.02 Å². The van der Waals surface area contributed by atoms with E-state index in [0.29, 0.717) is 41.9 Å². The number of likely N-dealkylation sites (tertiary alicyclic amines) is 1. The maximum Gasteiger partial charge on any atom is 0.273 e. The van der Waals surface area contributed by atoms with Crippen LogP contribution in [0.1, 0.15) is 16.3 Å². The molecule has 2 aliphatic heterocycles. The van der Waals surface area contributed by atoms with Crippen molar-refractivity contribution in [3.8, 4) is 0 Å². The molecule has 7 nitrogen and oxygen atoms in total. The summed E-state index contributed by atoms with van der Waals surface area (Å²) in [5.74, 6) is -2.54. The molecule has 3 heterocycles. The largest absolute Gasteiger partial charge is 0.330 e. The fourth-order valence-electron chi connectivity index (χ4n) is 3.52. The number of hydrogen-bond acceptors (Lipinski definition) is 4. The van der Waals surface area contributed by atoms with Crippen molar-refractivity contribution in [2.45, 2.75) is 19.0 Å². The lowest BCUT2D eigenvalue weighted by Crippen LogP contribution is -2.55. The Balaban J connectivity index is 1.35. The van der Waals surface area contributed by atoms with Crippen LogP contribution < -0.4 is 5.32 Å². The number of carbonyl (C=O) groups excluding carboxylic acids is 2. The van der Waals surface area contributed by atoms with Gasteiger partial charge in [-0.15, -0.1) is 0 Å². The van der Waals surface area contributed by atoms with Gasteiger partial charge in [0.1, 0.15) is 11.5 Å². The normalized spacial score (nSPS) is 18.2. The zero-order valence-electron chi connectivity index (χ0n) is 16.0. The van der Waals surface area contributed by atoms with Crippen LogP contribution in [0.3, 0.4) is 0 Å². The minimum atomic E-state index is -2.61. The van der Waals surface area contributed by atoms with Gasteiger partial charge in [0.15, 0.2) is 0 Å². The van der Waals surface area contributed by atoms with Gasteiger partial charge >= 0.3 is 0 Å². The Bertz CT molecular complexity index is 999. The number of alkyl halides is 2. The summed E-state index contributed by atoms with van der Waals surface area (Å²) < 4.78 is 27.4. The highest BCUT2D eigenvalue weighted by Crippen LogP contribution is 2.26. The van der Waals surface area contributed by atoms with Crippen molar-refractivity contribution in [1.29, 1.82) is 0 Å². The van der Waals surface area contributed by atoms with Gasteiger partial charge in [-0.3, -0.25) is 14.5 Å². The summed E-state index contributed by atoms with van der Waals surface area (Å²) >= 11 is 6.09. The van der Waals surface area contributed by atoms with Gasteiger partial charge < -0.3 is 14.8 Å². The number of aromatic nitrogens is 2. The molecule has 0 spiro atoms. The van der Waals surface area contributed by atoms with Gasteiger partial charge in [0.25, 0.3) is 11.8 Å². The molecule has 0 bridgehead atoms. The first-order chi connectivity index (χ1) is 14.3. The van der Waals surface area contributed by atoms with Crippen LogP contribution in [-0.2, 0) is 17.9 Å². The van der Waals surface area contributed by atoms with Crippen LogP contribution in [0.4, 0.5) is 14.5 Å². The third kappa shape index (κ3) is 4.36. The molecular formula is C20H20ClF2N5O2. The zero-order valence-corrected chi connectivity index (χ0v) is 16.8. The minimum absolute atomic E-state index is 0.210. The highest BCUT2D eigenvalue weighted by Gasteiger charge is 2.42. The molecule has 2 amide bonds. The second-order valence-electron chi connectivity index (χ2n) is 7.33. The summed E-state index contributed by atoms with van der Waals surface area (Å²) in [6, 6.07) is 6.95. The molecule has 1 fully saturated rings. The van der Waals surface area contributed by atoms with Gasteiger partial charge in [-0.25, -0.2) is 13.8 Å². The van der Waals surface area contributed by atoms with E-state index in [1.165, 1.54) is 12.3 Å². The number of benzene rings is 1. The standard InChI is InChI=1S/C20H20ClF2N5O2/c21-14-4-1-2-5-15(14)25-19(30)16-10-24-17-11-27(8-9-28(16)17)18(29)6-3-7-26-12-20(22,23)13-26/h1-6,10H,7-9,11-13H2,(H,25,30)/b6-3+. The van der Waals surface area contributed by atoms with E-state index < -0.39 is 5.92 Å². The topological polar surface area (TPSA) is 70.5 Å². The summed E-state index contributed by atoms with van der Waals surface area (Å²) in [5.41, 5.74) is 0.906. The zero-order chi connectivity index (χ0) is 21.3. The molecule has 0 unspecified atom stereocenters. The second-order valence-corrected chi connectivity index (χ2v) is 7.74. The number of halogens is 3. The van der Waals surface area contributed by atoms with E-state index in [0.717, 1.165) is 0 Å². The molecule has 1 saturated heterocycles. The van der Waals surface area contributed by atoms with Crippen molar-refractivity contribution in [2.75, 3.05) is 31.5 Å². The highest BCUT2D eigenvalue weighted by molar-refractivity contribution is 6.33. The van der Waals surface area contributed by atoms with Crippen molar-refractivity contribution >= 4 is 29.1 Å². The van der Waals surface area contributed by atoms with Gasteiger partial charge in [0.05, 0.1) is 36.5 Å². The number of para-hydroxylation sites is 1. The SMILES string of the molecule is O=C(Nc1ccccc1Cl)c1cnc2n1CCN(C(=O)/C=C/CN1CC(F)(F)C1)C2. The van der Waals surface area contributed by atoms with Crippen LogP contribution in [0.15, 0.2) is 42.6 Å². The number of nitrogens with zero attached hydrogens (tertiary/aromatic N) is 4. The molecule has 2 aliphatic rings. The Morgan fingerprint density at radius 2 is 2.00 bits per heavy atom. The van der Waals surface area contributed by atoms with Gasteiger partial charge in [0.2, 0.25) is 5.91 Å². The number of nitrogens with one attached hydrogen (secondary N) is 1. The van der Waals surface area contributed by atoms with Crippen LogP contribution in [0.25, 0.3) is 0 Å². The number of hydrogen-bond donors (Lipinski definition) is 1. The van der Waals surface area contributed by atoms with Crippen LogP contribution >= 0.6 is 11.6 Å². The molecule has 1 aromatic carbocycles. The molecule has 158 valence electrons. The van der Waals surface area contributed by atoms with Crippen molar-refractivity contribution in [3.05, 3.63) is 59.2 Å². The Kier molecular flexibility index (Phi) is 5.57. The summed E-state index contributed by atoms with van der Waals surface area (Å²) in [5, 5.41) is 3.21. The first-order valence-electron chi connectivity index (χ1n) is 9.48. The van der Waals surface area contributed by atoms with E-state index in [2.05, 4.69) is 10.3 Å². The molecule has 1 N–H and O–H groups in total. The number of carbonyl (C=O) groups is 2. The number of fused-ring (bicyclic) bond motifs is 1. The second kappa shape index (κ2) is 8.16. The molecule has 2 aromatic rings. The average molecular weight is 436 g/mol. The summed E-state index contributed by atoms with van der Waals surface area (Å²) in [6.07, 6.45) is 4.48. The number of amides is 2. The Morgan fingerprint density at radius 1 is 1.23 bits per heavy atom. The van der Waals surface area contributed by atoms with Gasteiger partial charge in [0, 0.05) is 25.7 Å². The van der Waals surface area contributed by atoms with Crippen molar-refractivity contribution in [2.24, 2.45) is 0 Å². The van der Waals surface area contributed by atoms with Crippen molar-refractivity contribution < 1.29 is 18.4 Å². The predicted octanol–water partition coefficient (Wildman–Crippen LogP) is 2.64. The number of rotatable bonds is 5. The van der Waals surface area contributed by atoms with Crippen LogP contribution in [-0.4, -0.2) is 63.3 Å². The highest BCUT2D eigenvalue weighted by atomic mass is 35.5. The van der Waals surface area contributed by atoms with E-state index in [1.807, 2.05) is 0 Å². The fourth-order valence-corrected chi connectivity index (χ4v) is 3.71. The third-order valence-corrected chi connectivity index (χ3v) is 5.39. The molecule has 0 aliphatic carbocycles. The Labute approximate surface area is 176 Å². The van der Waals surface area contributed by atoms with Crippen molar-refractivity contribution in [3.63, 3.8) is 0 Å². The number of anilines is 1. The van der Waals surface area contributed by atoms with Crippen LogP contribution in [0, 0.1) is 0 Å². The van der Waals surface area contributed by atoms with Gasteiger partial charge in [-0.1, -0.05) is 29.8 Å². The molecule has 4 rings (SSSR count). The first kappa shape index (κ1) is 20.5. The lowest BCUT2D eigenvalue weighted by molar-refractivity contribution is -0.127. The smallest absolute Gasteiger partial charge is 0.273 e. The average Bonchev–Trinajstić information content (AvgIpc) is 3.11. The summed E-state index contributed by atoms with van der Waals surface area (Å²) in [7, 11) is 0. The molecule has 0 saturated carbocycles. The minimum Gasteiger partial charge on any atom is -0.330 e. The van der Waals surface area contributed by atoms with E-state index >= 15 is 0 Å². The first-order valence-corrected chi connectivity index (χ1v) is 9.86. The van der Waals surface area contributed by atoms with E-state index in [9.17, 15) is 18.4 Å². The fraction of sp³-hybridized carbons (Fsp3) is 0.350. The Morgan fingerprint density at radius 3 is 2.73 bits per heavy atom. The third-order valence-electron chi connectivity index (χ3n) is 5.06. The quantitative estimate of drug-likeness (QED) is 0.733.